The summed E-state index contributed by atoms with van der Waals surface area (Å²) in [6, 6.07) is 5.14. The number of carboxylic acids is 1. The van der Waals surface area contributed by atoms with Crippen molar-refractivity contribution in [3.05, 3.63) is 42.6 Å². The zero-order valence-electron chi connectivity index (χ0n) is 18.9. The normalized spacial score (nSPS) is 21.9. The van der Waals surface area contributed by atoms with Crippen LogP contribution in [-0.4, -0.2) is 76.8 Å². The third-order valence-electron chi connectivity index (χ3n) is 5.97. The summed E-state index contributed by atoms with van der Waals surface area (Å²) in [4.78, 5) is 47.3. The zero-order valence-corrected chi connectivity index (χ0v) is 18.9. The quantitative estimate of drug-likeness (QED) is 0.633. The molecule has 2 aromatic heterocycles. The summed E-state index contributed by atoms with van der Waals surface area (Å²) in [7, 11) is 0. The van der Waals surface area contributed by atoms with Crippen LogP contribution >= 0.6 is 0 Å². The van der Waals surface area contributed by atoms with Gasteiger partial charge in [0.2, 0.25) is 5.95 Å². The van der Waals surface area contributed by atoms with Crippen LogP contribution in [-0.2, 0) is 14.3 Å². The van der Waals surface area contributed by atoms with E-state index in [0.29, 0.717) is 50.9 Å². The molecule has 13 heteroatoms. The van der Waals surface area contributed by atoms with Crippen LogP contribution < -0.4 is 4.90 Å². The third kappa shape index (κ3) is 5.89. The molecule has 0 bridgehead atoms. The van der Waals surface area contributed by atoms with Crippen molar-refractivity contribution in [1.82, 2.24) is 14.9 Å². The largest absolute Gasteiger partial charge is 0.490 e. The van der Waals surface area contributed by atoms with Crippen molar-refractivity contribution in [2.24, 2.45) is 11.3 Å². The van der Waals surface area contributed by atoms with Gasteiger partial charge in [0.1, 0.15) is 0 Å². The van der Waals surface area contributed by atoms with Gasteiger partial charge in [-0.25, -0.2) is 14.8 Å². The SMILES string of the molecule is CCOC(=O)[C@]12CCCN(C(=O)c3ccco3)C[C@H]1CN(c1ncccn1)C2.O=C(O)C(F)(F)F. The molecule has 0 radical (unpaired) electrons. The molecule has 0 aliphatic carbocycles. The molecule has 0 spiro atoms. The number of hydrogen-bond donors (Lipinski definition) is 1. The van der Waals surface area contributed by atoms with Crippen LogP contribution in [0.25, 0.3) is 0 Å². The molecule has 0 unspecified atom stereocenters. The van der Waals surface area contributed by atoms with Crippen molar-refractivity contribution in [3.63, 3.8) is 0 Å². The molecule has 2 aliphatic rings. The highest BCUT2D eigenvalue weighted by atomic mass is 19.4. The smallest absolute Gasteiger partial charge is 0.475 e. The van der Waals surface area contributed by atoms with E-state index in [0.717, 1.165) is 6.42 Å². The van der Waals surface area contributed by atoms with Gasteiger partial charge in [-0.05, 0) is 38.0 Å². The van der Waals surface area contributed by atoms with Crippen molar-refractivity contribution in [1.29, 1.82) is 0 Å². The first-order valence-corrected chi connectivity index (χ1v) is 10.9. The van der Waals surface area contributed by atoms with Crippen molar-refractivity contribution in [2.45, 2.75) is 25.9 Å². The molecule has 2 saturated heterocycles. The van der Waals surface area contributed by atoms with E-state index in [1.54, 1.807) is 35.5 Å². The number of aromatic nitrogens is 2. The van der Waals surface area contributed by atoms with Gasteiger partial charge in [0, 0.05) is 44.5 Å². The summed E-state index contributed by atoms with van der Waals surface area (Å²) in [5, 5.41) is 7.12. The van der Waals surface area contributed by atoms with Crippen LogP contribution in [0.3, 0.4) is 0 Å². The highest BCUT2D eigenvalue weighted by Crippen LogP contribution is 2.44. The molecule has 4 heterocycles. The molecule has 0 aromatic carbocycles. The van der Waals surface area contributed by atoms with Gasteiger partial charge in [0.05, 0.1) is 18.3 Å². The minimum atomic E-state index is -5.08. The molecular weight excluding hydrogens is 473 g/mol. The van der Waals surface area contributed by atoms with Gasteiger partial charge in [-0.1, -0.05) is 0 Å². The molecular formula is C22H25F3N4O6. The van der Waals surface area contributed by atoms with Gasteiger partial charge < -0.3 is 24.1 Å². The van der Waals surface area contributed by atoms with Crippen molar-refractivity contribution in [3.8, 4) is 0 Å². The van der Waals surface area contributed by atoms with E-state index in [9.17, 15) is 22.8 Å². The number of esters is 1. The molecule has 35 heavy (non-hydrogen) atoms. The van der Waals surface area contributed by atoms with E-state index in [2.05, 4.69) is 9.97 Å². The zero-order chi connectivity index (χ0) is 25.6. The number of furan rings is 1. The van der Waals surface area contributed by atoms with Gasteiger partial charge in [-0.3, -0.25) is 9.59 Å². The predicted octanol–water partition coefficient (Wildman–Crippen LogP) is 2.62. The molecule has 190 valence electrons. The second-order valence-electron chi connectivity index (χ2n) is 8.14. The number of amides is 1. The highest BCUT2D eigenvalue weighted by Gasteiger charge is 2.55. The van der Waals surface area contributed by atoms with E-state index in [4.69, 9.17) is 19.1 Å². The number of aliphatic carboxylic acids is 1. The fourth-order valence-electron chi connectivity index (χ4n) is 4.39. The van der Waals surface area contributed by atoms with Crippen LogP contribution in [0.2, 0.25) is 0 Å². The van der Waals surface area contributed by atoms with E-state index in [-0.39, 0.29) is 17.8 Å². The Kier molecular flexibility index (Phi) is 7.97. The van der Waals surface area contributed by atoms with Crippen LogP contribution in [0.1, 0.15) is 30.3 Å². The van der Waals surface area contributed by atoms with Gasteiger partial charge >= 0.3 is 18.1 Å². The average Bonchev–Trinajstić information content (AvgIpc) is 3.44. The lowest BCUT2D eigenvalue weighted by Crippen LogP contribution is -2.43. The Labute approximate surface area is 198 Å². The fourth-order valence-corrected chi connectivity index (χ4v) is 4.39. The molecule has 0 saturated carbocycles. The third-order valence-corrected chi connectivity index (χ3v) is 5.97. The first-order chi connectivity index (χ1) is 16.6. The summed E-state index contributed by atoms with van der Waals surface area (Å²) < 4.78 is 42.5. The maximum atomic E-state index is 13.0. The molecule has 10 nitrogen and oxygen atoms in total. The summed E-state index contributed by atoms with van der Waals surface area (Å²) in [6.45, 7) is 4.33. The summed E-state index contributed by atoms with van der Waals surface area (Å²) >= 11 is 0. The molecule has 2 aromatic rings. The fraction of sp³-hybridized carbons (Fsp3) is 0.500. The number of ether oxygens (including phenoxy) is 1. The number of fused-ring (bicyclic) bond motifs is 1. The molecule has 1 N–H and O–H groups in total. The van der Waals surface area contributed by atoms with Gasteiger partial charge in [0.15, 0.2) is 5.76 Å². The first kappa shape index (κ1) is 26.0. The van der Waals surface area contributed by atoms with Crippen molar-refractivity contribution >= 4 is 23.8 Å². The minimum Gasteiger partial charge on any atom is -0.475 e. The standard InChI is InChI=1S/C20H24N4O4.C2HF3O2/c1-2-27-18(26)20-7-4-10-23(17(25)16-6-3-11-28-16)12-15(20)13-24(14-20)19-21-8-5-9-22-19;3-2(4,5)1(6)7/h3,5-6,8-9,11,15H,2,4,7,10,12-14H2,1H3;(H,6,7)/t15-,20-;/m0./s1. The van der Waals surface area contributed by atoms with Crippen LogP contribution in [0.4, 0.5) is 19.1 Å². The number of anilines is 1. The molecule has 2 atom stereocenters. The molecule has 2 aliphatic heterocycles. The number of halogens is 3. The topological polar surface area (TPSA) is 126 Å². The van der Waals surface area contributed by atoms with E-state index < -0.39 is 17.6 Å². The second-order valence-corrected chi connectivity index (χ2v) is 8.14. The monoisotopic (exact) mass is 498 g/mol. The summed E-state index contributed by atoms with van der Waals surface area (Å²) in [5.74, 6) is -2.22. The predicted molar refractivity (Wildman–Crippen MR) is 114 cm³/mol. The van der Waals surface area contributed by atoms with Gasteiger partial charge in [0.25, 0.3) is 5.91 Å². The van der Waals surface area contributed by atoms with Crippen molar-refractivity contribution in [2.75, 3.05) is 37.7 Å². The maximum absolute atomic E-state index is 13.0. The van der Waals surface area contributed by atoms with Crippen LogP contribution in [0.5, 0.6) is 0 Å². The number of nitrogens with zero attached hydrogens (tertiary/aromatic N) is 4. The molecule has 2 fully saturated rings. The molecule has 4 rings (SSSR count). The van der Waals surface area contributed by atoms with Gasteiger partial charge in [-0.2, -0.15) is 13.2 Å². The number of likely N-dealkylation sites (tertiary alicyclic amines) is 1. The Hall–Kier alpha value is -3.64. The van der Waals surface area contributed by atoms with E-state index in [1.165, 1.54) is 6.26 Å². The lowest BCUT2D eigenvalue weighted by atomic mass is 9.75. The lowest BCUT2D eigenvalue weighted by Gasteiger charge is -2.31. The Morgan fingerprint density at radius 1 is 1.23 bits per heavy atom. The molecule has 1 amide bonds. The van der Waals surface area contributed by atoms with Gasteiger partial charge in [-0.15, -0.1) is 0 Å². The number of alkyl halides is 3. The number of hydrogen-bond acceptors (Lipinski definition) is 8. The number of carbonyl (C=O) groups excluding carboxylic acids is 2. The maximum Gasteiger partial charge on any atom is 0.490 e. The Morgan fingerprint density at radius 3 is 2.49 bits per heavy atom. The Balaban J connectivity index is 0.000000429. The Morgan fingerprint density at radius 2 is 1.91 bits per heavy atom. The van der Waals surface area contributed by atoms with Crippen LogP contribution in [0, 0.1) is 11.3 Å². The van der Waals surface area contributed by atoms with E-state index >= 15 is 0 Å². The van der Waals surface area contributed by atoms with E-state index in [1.807, 2.05) is 11.8 Å². The minimum absolute atomic E-state index is 0.0585. The van der Waals surface area contributed by atoms with Crippen LogP contribution in [0.15, 0.2) is 41.3 Å². The lowest BCUT2D eigenvalue weighted by molar-refractivity contribution is -0.192. The number of carbonyl (C=O) groups is 3. The highest BCUT2D eigenvalue weighted by molar-refractivity contribution is 5.91. The Bertz CT molecular complexity index is 1020. The van der Waals surface area contributed by atoms with Crippen molar-refractivity contribution < 1.29 is 41.8 Å². The number of rotatable bonds is 4. The number of carboxylic acid groups (broad SMARTS) is 1. The first-order valence-electron chi connectivity index (χ1n) is 10.9. The summed E-state index contributed by atoms with van der Waals surface area (Å²) in [6.07, 6.45) is 1.20. The average molecular weight is 498 g/mol. The second kappa shape index (κ2) is 10.7. The summed E-state index contributed by atoms with van der Waals surface area (Å²) in [5.41, 5.74) is -0.659.